The fourth-order valence-corrected chi connectivity index (χ4v) is 3.20. The molecule has 23 heavy (non-hydrogen) atoms. The highest BCUT2D eigenvalue weighted by atomic mass is 35.5. The highest BCUT2D eigenvalue weighted by molar-refractivity contribution is 6.30. The summed E-state index contributed by atoms with van der Waals surface area (Å²) in [5.41, 5.74) is 0.375. The molecule has 6 heteroatoms. The standard InChI is InChI=1S/C17H21ClN2O3/c1-17(7-10-23-11-8-17)16(22)19-14-6-9-20(15(14)21)13-4-2-12(18)3-5-13/h2-5,14H,6-11H2,1H3,(H,19,22)/t14-/m1/s1. The van der Waals surface area contributed by atoms with Gasteiger partial charge in [-0.15, -0.1) is 0 Å². The van der Waals surface area contributed by atoms with Crippen molar-refractivity contribution in [1.29, 1.82) is 0 Å². The summed E-state index contributed by atoms with van der Waals surface area (Å²) in [6.07, 6.45) is 2.01. The van der Waals surface area contributed by atoms with Crippen LogP contribution in [0.4, 0.5) is 5.69 Å². The Morgan fingerprint density at radius 3 is 2.61 bits per heavy atom. The molecule has 1 atom stereocenters. The van der Waals surface area contributed by atoms with Crippen molar-refractivity contribution in [3.63, 3.8) is 0 Å². The average molecular weight is 337 g/mol. The molecule has 0 aromatic heterocycles. The number of hydrogen-bond donors (Lipinski definition) is 1. The van der Waals surface area contributed by atoms with Gasteiger partial charge in [-0.2, -0.15) is 0 Å². The lowest BCUT2D eigenvalue weighted by Gasteiger charge is -2.32. The van der Waals surface area contributed by atoms with Crippen LogP contribution in [0.1, 0.15) is 26.2 Å². The average Bonchev–Trinajstić information content (AvgIpc) is 2.90. The SMILES string of the molecule is CC1(C(=O)N[C@@H]2CCN(c3ccc(Cl)cc3)C2=O)CCOCC1. The molecule has 2 saturated heterocycles. The molecular weight excluding hydrogens is 316 g/mol. The van der Waals surface area contributed by atoms with E-state index in [1.54, 1.807) is 17.0 Å². The Morgan fingerprint density at radius 2 is 1.96 bits per heavy atom. The zero-order valence-corrected chi connectivity index (χ0v) is 13.9. The lowest BCUT2D eigenvalue weighted by molar-refractivity contribution is -0.137. The normalized spacial score (nSPS) is 23.8. The Labute approximate surface area is 140 Å². The molecule has 0 aliphatic carbocycles. The van der Waals surface area contributed by atoms with Crippen LogP contribution in [-0.4, -0.2) is 37.6 Å². The molecule has 0 spiro atoms. The second-order valence-electron chi connectivity index (χ2n) is 6.45. The monoisotopic (exact) mass is 336 g/mol. The third-order valence-electron chi connectivity index (χ3n) is 4.79. The van der Waals surface area contributed by atoms with Crippen LogP contribution in [0, 0.1) is 5.41 Å². The van der Waals surface area contributed by atoms with E-state index in [2.05, 4.69) is 5.32 Å². The van der Waals surface area contributed by atoms with E-state index >= 15 is 0 Å². The summed E-state index contributed by atoms with van der Waals surface area (Å²) >= 11 is 5.88. The second kappa shape index (κ2) is 6.49. The molecule has 1 N–H and O–H groups in total. The zero-order valence-electron chi connectivity index (χ0n) is 13.2. The fraction of sp³-hybridized carbons (Fsp3) is 0.529. The van der Waals surface area contributed by atoms with Crippen molar-refractivity contribution < 1.29 is 14.3 Å². The predicted octanol–water partition coefficient (Wildman–Crippen LogP) is 2.38. The Morgan fingerprint density at radius 1 is 1.30 bits per heavy atom. The predicted molar refractivity (Wildman–Crippen MR) is 88.5 cm³/mol. The number of hydrogen-bond acceptors (Lipinski definition) is 3. The Hall–Kier alpha value is -1.59. The van der Waals surface area contributed by atoms with Crippen molar-refractivity contribution in [3.8, 4) is 0 Å². The van der Waals surface area contributed by atoms with Crippen molar-refractivity contribution in [2.75, 3.05) is 24.7 Å². The highest BCUT2D eigenvalue weighted by Gasteiger charge is 2.40. The number of ether oxygens (including phenoxy) is 1. The first-order chi connectivity index (χ1) is 11.0. The lowest BCUT2D eigenvalue weighted by Crippen LogP contribution is -2.49. The van der Waals surface area contributed by atoms with Crippen LogP contribution in [0.15, 0.2) is 24.3 Å². The summed E-state index contributed by atoms with van der Waals surface area (Å²) in [6.45, 7) is 3.74. The van der Waals surface area contributed by atoms with Gasteiger partial charge in [-0.05, 0) is 43.5 Å². The van der Waals surface area contributed by atoms with Crippen molar-refractivity contribution >= 4 is 29.1 Å². The van der Waals surface area contributed by atoms with Crippen LogP contribution < -0.4 is 10.2 Å². The first kappa shape index (κ1) is 16.3. The maximum absolute atomic E-state index is 12.6. The molecule has 0 radical (unpaired) electrons. The largest absolute Gasteiger partial charge is 0.381 e. The van der Waals surface area contributed by atoms with Gasteiger partial charge in [-0.3, -0.25) is 9.59 Å². The summed E-state index contributed by atoms with van der Waals surface area (Å²) < 4.78 is 5.32. The maximum Gasteiger partial charge on any atom is 0.249 e. The Bertz CT molecular complexity index is 596. The van der Waals surface area contributed by atoms with Gasteiger partial charge in [0.05, 0.1) is 5.41 Å². The molecular formula is C17H21ClN2O3. The molecule has 2 aliphatic rings. The molecule has 0 saturated carbocycles. The number of carbonyl (C=O) groups excluding carboxylic acids is 2. The highest BCUT2D eigenvalue weighted by Crippen LogP contribution is 2.31. The van der Waals surface area contributed by atoms with Gasteiger partial charge in [0, 0.05) is 30.5 Å². The number of carbonyl (C=O) groups is 2. The first-order valence-corrected chi connectivity index (χ1v) is 8.33. The van der Waals surface area contributed by atoms with E-state index in [0.717, 1.165) is 5.69 Å². The van der Waals surface area contributed by atoms with Crippen LogP contribution in [0.3, 0.4) is 0 Å². The third-order valence-corrected chi connectivity index (χ3v) is 5.05. The van der Waals surface area contributed by atoms with Gasteiger partial charge >= 0.3 is 0 Å². The second-order valence-corrected chi connectivity index (χ2v) is 6.89. The van der Waals surface area contributed by atoms with Crippen LogP contribution >= 0.6 is 11.6 Å². The molecule has 0 unspecified atom stereocenters. The summed E-state index contributed by atoms with van der Waals surface area (Å²) in [5, 5.41) is 3.57. The van der Waals surface area contributed by atoms with Gasteiger partial charge in [0.25, 0.3) is 0 Å². The molecule has 0 bridgehead atoms. The van der Waals surface area contributed by atoms with E-state index in [9.17, 15) is 9.59 Å². The van der Waals surface area contributed by atoms with Crippen LogP contribution in [0.25, 0.3) is 0 Å². The Balaban J connectivity index is 1.65. The van der Waals surface area contributed by atoms with Gasteiger partial charge < -0.3 is 15.0 Å². The topological polar surface area (TPSA) is 58.6 Å². The molecule has 1 aromatic carbocycles. The van der Waals surface area contributed by atoms with Crippen molar-refractivity contribution in [3.05, 3.63) is 29.3 Å². The minimum atomic E-state index is -0.446. The van der Waals surface area contributed by atoms with Crippen LogP contribution in [0.5, 0.6) is 0 Å². The minimum absolute atomic E-state index is 0.0443. The third kappa shape index (κ3) is 3.35. The van der Waals surface area contributed by atoms with E-state index in [1.807, 2.05) is 19.1 Å². The van der Waals surface area contributed by atoms with Gasteiger partial charge in [-0.1, -0.05) is 18.5 Å². The van der Waals surface area contributed by atoms with Gasteiger partial charge in [0.2, 0.25) is 11.8 Å². The van der Waals surface area contributed by atoms with E-state index in [0.29, 0.717) is 44.0 Å². The number of nitrogens with zero attached hydrogens (tertiary/aromatic N) is 1. The lowest BCUT2D eigenvalue weighted by atomic mass is 9.81. The molecule has 1 aromatic rings. The van der Waals surface area contributed by atoms with Crippen molar-refractivity contribution in [2.24, 2.45) is 5.41 Å². The van der Waals surface area contributed by atoms with Crippen molar-refractivity contribution in [2.45, 2.75) is 32.2 Å². The van der Waals surface area contributed by atoms with Crippen LogP contribution in [0.2, 0.25) is 5.02 Å². The van der Waals surface area contributed by atoms with Crippen molar-refractivity contribution in [1.82, 2.24) is 5.32 Å². The van der Waals surface area contributed by atoms with E-state index in [-0.39, 0.29) is 11.8 Å². The smallest absolute Gasteiger partial charge is 0.249 e. The quantitative estimate of drug-likeness (QED) is 0.922. The fourth-order valence-electron chi connectivity index (χ4n) is 3.07. The van der Waals surface area contributed by atoms with E-state index in [1.165, 1.54) is 0 Å². The summed E-state index contributed by atoms with van der Waals surface area (Å²) in [6, 6.07) is 6.73. The van der Waals surface area contributed by atoms with Crippen LogP contribution in [-0.2, 0) is 14.3 Å². The van der Waals surface area contributed by atoms with E-state index in [4.69, 9.17) is 16.3 Å². The number of nitrogens with one attached hydrogen (secondary N) is 1. The maximum atomic E-state index is 12.6. The number of halogens is 1. The minimum Gasteiger partial charge on any atom is -0.381 e. The summed E-state index contributed by atoms with van der Waals surface area (Å²) in [5.74, 6) is -0.103. The first-order valence-electron chi connectivity index (χ1n) is 7.95. The zero-order chi connectivity index (χ0) is 16.4. The molecule has 2 aliphatic heterocycles. The molecule has 2 fully saturated rings. The summed E-state index contributed by atoms with van der Waals surface area (Å²) in [4.78, 5) is 26.8. The number of benzene rings is 1. The van der Waals surface area contributed by atoms with E-state index < -0.39 is 11.5 Å². The summed E-state index contributed by atoms with van der Waals surface area (Å²) in [7, 11) is 0. The van der Waals surface area contributed by atoms with Gasteiger partial charge in [-0.25, -0.2) is 0 Å². The molecule has 3 rings (SSSR count). The molecule has 2 heterocycles. The molecule has 2 amide bonds. The van der Waals surface area contributed by atoms with Gasteiger partial charge in [0.15, 0.2) is 0 Å². The number of anilines is 1. The van der Waals surface area contributed by atoms with Gasteiger partial charge in [0.1, 0.15) is 6.04 Å². The number of rotatable bonds is 3. The molecule has 124 valence electrons. The molecule has 5 nitrogen and oxygen atoms in total. The number of amides is 2. The Kier molecular flexibility index (Phi) is 4.60.